The largest absolute Gasteiger partial charge is 0.497 e. The van der Waals surface area contributed by atoms with Crippen molar-refractivity contribution in [2.24, 2.45) is 0 Å². The molecular formula is C13H19NOS. The number of benzene rings is 1. The molecule has 3 heteroatoms. The van der Waals surface area contributed by atoms with Gasteiger partial charge in [0.1, 0.15) is 5.75 Å². The number of methoxy groups -OCH3 is 1. The molecule has 16 heavy (non-hydrogen) atoms. The van der Waals surface area contributed by atoms with E-state index >= 15 is 0 Å². The predicted octanol–water partition coefficient (Wildman–Crippen LogP) is 2.85. The molecule has 1 aromatic carbocycles. The van der Waals surface area contributed by atoms with Gasteiger partial charge in [-0.15, -0.1) is 11.8 Å². The molecule has 0 radical (unpaired) electrons. The van der Waals surface area contributed by atoms with Crippen molar-refractivity contribution >= 4 is 11.8 Å². The minimum absolute atomic E-state index is 0.723. The third-order valence-corrected chi connectivity index (χ3v) is 4.38. The highest BCUT2D eigenvalue weighted by atomic mass is 32.2. The predicted molar refractivity (Wildman–Crippen MR) is 69.5 cm³/mol. The Morgan fingerprint density at radius 3 is 2.94 bits per heavy atom. The van der Waals surface area contributed by atoms with E-state index in [2.05, 4.69) is 24.4 Å². The Morgan fingerprint density at radius 1 is 1.44 bits per heavy atom. The maximum Gasteiger partial charge on any atom is 0.119 e. The molecule has 0 saturated carbocycles. The van der Waals surface area contributed by atoms with Crippen molar-refractivity contribution in [3.8, 4) is 5.75 Å². The van der Waals surface area contributed by atoms with Gasteiger partial charge in [-0.1, -0.05) is 0 Å². The van der Waals surface area contributed by atoms with Gasteiger partial charge >= 0.3 is 0 Å². The van der Waals surface area contributed by atoms with Crippen molar-refractivity contribution in [1.82, 2.24) is 5.32 Å². The van der Waals surface area contributed by atoms with Gasteiger partial charge in [-0.05, 0) is 50.1 Å². The molecule has 1 aliphatic heterocycles. The summed E-state index contributed by atoms with van der Waals surface area (Å²) in [7, 11) is 1.71. The van der Waals surface area contributed by atoms with Crippen LogP contribution in [0.2, 0.25) is 0 Å². The molecule has 88 valence electrons. The van der Waals surface area contributed by atoms with Gasteiger partial charge in [-0.25, -0.2) is 0 Å². The first kappa shape index (κ1) is 11.8. The van der Waals surface area contributed by atoms with Crippen molar-refractivity contribution in [2.45, 2.75) is 29.9 Å². The van der Waals surface area contributed by atoms with Crippen LogP contribution in [-0.4, -0.2) is 25.4 Å². The van der Waals surface area contributed by atoms with Crippen LogP contribution in [0.4, 0.5) is 0 Å². The third kappa shape index (κ3) is 2.92. The number of ether oxygens (including phenoxy) is 1. The molecule has 0 bridgehead atoms. The first-order valence-corrected chi connectivity index (χ1v) is 6.69. The van der Waals surface area contributed by atoms with E-state index in [-0.39, 0.29) is 0 Å². The van der Waals surface area contributed by atoms with Gasteiger partial charge in [-0.3, -0.25) is 0 Å². The van der Waals surface area contributed by atoms with Gasteiger partial charge in [0.2, 0.25) is 0 Å². The fraction of sp³-hybridized carbons (Fsp3) is 0.538. The Kier molecular flexibility index (Phi) is 4.13. The lowest BCUT2D eigenvalue weighted by atomic mass is 10.2. The molecule has 1 heterocycles. The molecule has 0 spiro atoms. The Hall–Kier alpha value is -0.670. The lowest BCUT2D eigenvalue weighted by Crippen LogP contribution is -2.31. The van der Waals surface area contributed by atoms with E-state index in [1.54, 1.807) is 7.11 Å². The van der Waals surface area contributed by atoms with E-state index in [1.807, 2.05) is 17.8 Å². The Morgan fingerprint density at radius 2 is 2.31 bits per heavy atom. The lowest BCUT2D eigenvalue weighted by Gasteiger charge is -2.22. The minimum Gasteiger partial charge on any atom is -0.497 e. The second kappa shape index (κ2) is 5.60. The van der Waals surface area contributed by atoms with Crippen LogP contribution in [0.25, 0.3) is 0 Å². The van der Waals surface area contributed by atoms with Crippen LogP contribution in [0.5, 0.6) is 5.75 Å². The summed E-state index contributed by atoms with van der Waals surface area (Å²) in [6, 6.07) is 6.33. The van der Waals surface area contributed by atoms with Gasteiger partial charge in [0.25, 0.3) is 0 Å². The Bertz CT molecular complexity index is 348. The standard InChI is InChI=1S/C13H19NOS/c1-10-8-11(15-2)5-6-13(10)16-12-4-3-7-14-9-12/h5-6,8,12,14H,3-4,7,9H2,1-2H3. The molecular weight excluding hydrogens is 218 g/mol. The van der Waals surface area contributed by atoms with E-state index in [9.17, 15) is 0 Å². The molecule has 1 unspecified atom stereocenters. The Balaban J connectivity index is 2.03. The summed E-state index contributed by atoms with van der Waals surface area (Å²) in [5, 5.41) is 4.17. The third-order valence-electron chi connectivity index (χ3n) is 2.93. The minimum atomic E-state index is 0.723. The van der Waals surface area contributed by atoms with Crippen LogP contribution in [0.3, 0.4) is 0 Å². The van der Waals surface area contributed by atoms with Crippen molar-refractivity contribution < 1.29 is 4.74 Å². The molecule has 2 rings (SSSR count). The van der Waals surface area contributed by atoms with Gasteiger partial charge < -0.3 is 10.1 Å². The molecule has 0 aliphatic carbocycles. The second-order valence-electron chi connectivity index (χ2n) is 4.22. The molecule has 2 nitrogen and oxygen atoms in total. The van der Waals surface area contributed by atoms with Crippen LogP contribution in [0.1, 0.15) is 18.4 Å². The van der Waals surface area contributed by atoms with Crippen molar-refractivity contribution in [1.29, 1.82) is 0 Å². The van der Waals surface area contributed by atoms with Gasteiger partial charge in [0.05, 0.1) is 7.11 Å². The maximum atomic E-state index is 5.22. The van der Waals surface area contributed by atoms with E-state index in [1.165, 1.54) is 29.8 Å². The molecule has 1 aromatic rings. The van der Waals surface area contributed by atoms with Crippen LogP contribution in [-0.2, 0) is 0 Å². The maximum absolute atomic E-state index is 5.22. The molecule has 1 saturated heterocycles. The summed E-state index contributed by atoms with van der Waals surface area (Å²) in [6.45, 7) is 4.47. The summed E-state index contributed by atoms with van der Waals surface area (Å²) in [6.07, 6.45) is 2.62. The van der Waals surface area contributed by atoms with Gasteiger partial charge in [0.15, 0.2) is 0 Å². The topological polar surface area (TPSA) is 21.3 Å². The molecule has 1 aliphatic rings. The normalized spacial score (nSPS) is 20.8. The zero-order chi connectivity index (χ0) is 11.4. The number of piperidine rings is 1. The number of hydrogen-bond donors (Lipinski definition) is 1. The second-order valence-corrected chi connectivity index (χ2v) is 5.56. The monoisotopic (exact) mass is 237 g/mol. The van der Waals surface area contributed by atoms with Crippen LogP contribution >= 0.6 is 11.8 Å². The fourth-order valence-corrected chi connectivity index (χ4v) is 3.22. The van der Waals surface area contributed by atoms with Crippen LogP contribution in [0, 0.1) is 6.92 Å². The van der Waals surface area contributed by atoms with Crippen molar-refractivity contribution in [3.63, 3.8) is 0 Å². The van der Waals surface area contributed by atoms with E-state index in [0.717, 1.165) is 17.5 Å². The molecule has 0 aromatic heterocycles. The van der Waals surface area contributed by atoms with Gasteiger partial charge in [-0.2, -0.15) is 0 Å². The zero-order valence-electron chi connectivity index (χ0n) is 9.95. The summed E-state index contributed by atoms with van der Waals surface area (Å²) in [4.78, 5) is 1.38. The van der Waals surface area contributed by atoms with Gasteiger partial charge in [0, 0.05) is 16.7 Å². The summed E-state index contributed by atoms with van der Waals surface area (Å²) < 4.78 is 5.22. The molecule has 0 amide bonds. The first-order chi connectivity index (χ1) is 7.79. The molecule has 1 N–H and O–H groups in total. The summed E-state index contributed by atoms with van der Waals surface area (Å²) >= 11 is 1.99. The smallest absolute Gasteiger partial charge is 0.119 e. The highest BCUT2D eigenvalue weighted by molar-refractivity contribution is 8.00. The summed E-state index contributed by atoms with van der Waals surface area (Å²) in [5.41, 5.74) is 1.31. The molecule has 1 fully saturated rings. The SMILES string of the molecule is COc1ccc(SC2CCCNC2)c(C)c1. The number of thioether (sulfide) groups is 1. The average molecular weight is 237 g/mol. The number of aryl methyl sites for hydroxylation is 1. The number of rotatable bonds is 3. The van der Waals surface area contributed by atoms with E-state index in [0.29, 0.717) is 0 Å². The fourth-order valence-electron chi connectivity index (χ4n) is 1.98. The van der Waals surface area contributed by atoms with E-state index in [4.69, 9.17) is 4.74 Å². The summed E-state index contributed by atoms with van der Waals surface area (Å²) in [5.74, 6) is 0.948. The van der Waals surface area contributed by atoms with Crippen molar-refractivity contribution in [3.05, 3.63) is 23.8 Å². The zero-order valence-corrected chi connectivity index (χ0v) is 10.8. The average Bonchev–Trinajstić information content (AvgIpc) is 2.33. The number of hydrogen-bond acceptors (Lipinski definition) is 3. The molecule has 1 atom stereocenters. The Labute approximate surface area is 102 Å². The lowest BCUT2D eigenvalue weighted by molar-refractivity contribution is 0.414. The number of nitrogens with one attached hydrogen (secondary N) is 1. The quantitative estimate of drug-likeness (QED) is 0.873. The van der Waals surface area contributed by atoms with Crippen molar-refractivity contribution in [2.75, 3.05) is 20.2 Å². The highest BCUT2D eigenvalue weighted by Crippen LogP contribution is 2.31. The van der Waals surface area contributed by atoms with E-state index < -0.39 is 0 Å². The first-order valence-electron chi connectivity index (χ1n) is 5.81. The van der Waals surface area contributed by atoms with Crippen LogP contribution < -0.4 is 10.1 Å². The van der Waals surface area contributed by atoms with Crippen LogP contribution in [0.15, 0.2) is 23.1 Å². The highest BCUT2D eigenvalue weighted by Gasteiger charge is 2.15.